The van der Waals surface area contributed by atoms with Gasteiger partial charge in [0.25, 0.3) is 6.04 Å². The van der Waals surface area contributed by atoms with Crippen molar-refractivity contribution in [2.24, 2.45) is 0 Å². The SMILES string of the molecule is O=[N+]([O-])C(c1cccc(Cl)c1)C(O)Cc1ccccc1. The maximum Gasteiger partial charge on any atom is 0.263 e. The van der Waals surface area contributed by atoms with Gasteiger partial charge in [-0.1, -0.05) is 54.1 Å². The lowest BCUT2D eigenvalue weighted by Crippen LogP contribution is -2.27. The Kier molecular flexibility index (Phi) is 4.71. The van der Waals surface area contributed by atoms with E-state index in [0.717, 1.165) is 5.56 Å². The minimum Gasteiger partial charge on any atom is -0.385 e. The molecule has 20 heavy (non-hydrogen) atoms. The molecule has 0 radical (unpaired) electrons. The van der Waals surface area contributed by atoms with Crippen LogP contribution in [0.5, 0.6) is 0 Å². The molecule has 4 nitrogen and oxygen atoms in total. The number of halogens is 1. The second kappa shape index (κ2) is 6.50. The third kappa shape index (κ3) is 3.56. The van der Waals surface area contributed by atoms with Gasteiger partial charge in [0.1, 0.15) is 6.10 Å². The predicted molar refractivity (Wildman–Crippen MR) is 77.3 cm³/mol. The Labute approximate surface area is 121 Å². The minimum atomic E-state index is -1.19. The molecule has 0 aliphatic heterocycles. The smallest absolute Gasteiger partial charge is 0.263 e. The molecular weight excluding hydrogens is 278 g/mol. The van der Waals surface area contributed by atoms with Crippen molar-refractivity contribution in [3.63, 3.8) is 0 Å². The zero-order valence-corrected chi connectivity index (χ0v) is 11.4. The van der Waals surface area contributed by atoms with Crippen molar-refractivity contribution in [1.29, 1.82) is 0 Å². The van der Waals surface area contributed by atoms with Crippen LogP contribution in [0.2, 0.25) is 5.02 Å². The number of aliphatic hydroxyl groups is 1. The molecule has 2 rings (SSSR count). The van der Waals surface area contributed by atoms with E-state index in [0.29, 0.717) is 10.6 Å². The molecule has 104 valence electrons. The van der Waals surface area contributed by atoms with Crippen molar-refractivity contribution in [1.82, 2.24) is 0 Å². The molecule has 2 aromatic carbocycles. The van der Waals surface area contributed by atoms with Crippen LogP contribution in [0.25, 0.3) is 0 Å². The number of nitrogens with zero attached hydrogens (tertiary/aromatic N) is 1. The Morgan fingerprint density at radius 2 is 1.85 bits per heavy atom. The first-order valence-electron chi connectivity index (χ1n) is 6.19. The Balaban J connectivity index is 2.23. The van der Waals surface area contributed by atoms with Crippen LogP contribution in [0.4, 0.5) is 0 Å². The summed E-state index contributed by atoms with van der Waals surface area (Å²) in [6.45, 7) is 0. The van der Waals surface area contributed by atoms with Gasteiger partial charge in [-0.3, -0.25) is 10.1 Å². The van der Waals surface area contributed by atoms with Crippen LogP contribution in [-0.2, 0) is 6.42 Å². The largest absolute Gasteiger partial charge is 0.385 e. The minimum absolute atomic E-state index is 0.221. The average molecular weight is 292 g/mol. The van der Waals surface area contributed by atoms with Gasteiger partial charge >= 0.3 is 0 Å². The second-order valence-corrected chi connectivity index (χ2v) is 4.98. The van der Waals surface area contributed by atoms with Crippen LogP contribution in [0.3, 0.4) is 0 Å². The first kappa shape index (κ1) is 14.5. The third-order valence-electron chi connectivity index (χ3n) is 3.07. The molecule has 0 saturated carbocycles. The molecule has 0 saturated heterocycles. The monoisotopic (exact) mass is 291 g/mol. The number of nitro groups is 1. The molecule has 5 heteroatoms. The van der Waals surface area contributed by atoms with E-state index in [1.807, 2.05) is 30.3 Å². The molecule has 0 spiro atoms. The molecule has 0 aliphatic carbocycles. The van der Waals surface area contributed by atoms with E-state index >= 15 is 0 Å². The van der Waals surface area contributed by atoms with Crippen LogP contribution < -0.4 is 0 Å². The van der Waals surface area contributed by atoms with Crippen molar-refractivity contribution < 1.29 is 10.0 Å². The van der Waals surface area contributed by atoms with Crippen molar-refractivity contribution in [2.75, 3.05) is 0 Å². The van der Waals surface area contributed by atoms with E-state index in [2.05, 4.69) is 0 Å². The lowest BCUT2D eigenvalue weighted by Gasteiger charge is -2.16. The Hall–Kier alpha value is -1.91. The molecule has 0 heterocycles. The van der Waals surface area contributed by atoms with Crippen LogP contribution >= 0.6 is 11.6 Å². The Morgan fingerprint density at radius 1 is 1.15 bits per heavy atom. The van der Waals surface area contributed by atoms with Crippen molar-refractivity contribution in [2.45, 2.75) is 18.6 Å². The molecule has 0 aliphatic rings. The first-order valence-corrected chi connectivity index (χ1v) is 6.56. The summed E-state index contributed by atoms with van der Waals surface area (Å²) < 4.78 is 0. The topological polar surface area (TPSA) is 63.4 Å². The molecule has 2 atom stereocenters. The fourth-order valence-corrected chi connectivity index (χ4v) is 2.34. The van der Waals surface area contributed by atoms with Gasteiger partial charge in [0, 0.05) is 21.9 Å². The van der Waals surface area contributed by atoms with E-state index in [-0.39, 0.29) is 6.42 Å². The summed E-state index contributed by atoms with van der Waals surface area (Å²) >= 11 is 5.85. The van der Waals surface area contributed by atoms with E-state index in [1.54, 1.807) is 18.2 Å². The summed E-state index contributed by atoms with van der Waals surface area (Å²) in [5.74, 6) is 0. The van der Waals surface area contributed by atoms with Gasteiger partial charge in [0.2, 0.25) is 0 Å². The van der Waals surface area contributed by atoms with Crippen LogP contribution in [0.1, 0.15) is 17.2 Å². The molecule has 0 amide bonds. The number of aliphatic hydroxyl groups excluding tert-OH is 1. The Morgan fingerprint density at radius 3 is 2.45 bits per heavy atom. The fourth-order valence-electron chi connectivity index (χ4n) is 2.14. The molecule has 0 bridgehead atoms. The molecule has 2 aromatic rings. The van der Waals surface area contributed by atoms with Gasteiger partial charge < -0.3 is 5.11 Å². The van der Waals surface area contributed by atoms with Gasteiger partial charge in [-0.25, -0.2) is 0 Å². The van der Waals surface area contributed by atoms with E-state index in [1.165, 1.54) is 6.07 Å². The van der Waals surface area contributed by atoms with Crippen LogP contribution in [-0.4, -0.2) is 16.1 Å². The summed E-state index contributed by atoms with van der Waals surface area (Å²) in [7, 11) is 0. The number of benzene rings is 2. The third-order valence-corrected chi connectivity index (χ3v) is 3.30. The van der Waals surface area contributed by atoms with E-state index in [4.69, 9.17) is 11.6 Å². The standard InChI is InChI=1S/C15H14ClNO3/c16-13-8-4-7-12(10-13)15(17(19)20)14(18)9-11-5-2-1-3-6-11/h1-8,10,14-15,18H,9H2. The maximum atomic E-state index is 11.2. The van der Waals surface area contributed by atoms with E-state index < -0.39 is 17.1 Å². The molecule has 1 N–H and O–H groups in total. The average Bonchev–Trinajstić information content (AvgIpc) is 2.39. The fraction of sp³-hybridized carbons (Fsp3) is 0.200. The molecule has 0 fully saturated rings. The van der Waals surface area contributed by atoms with Gasteiger partial charge in [-0.05, 0) is 17.7 Å². The van der Waals surface area contributed by atoms with E-state index in [9.17, 15) is 15.2 Å². The van der Waals surface area contributed by atoms with Crippen LogP contribution in [0, 0.1) is 10.1 Å². The van der Waals surface area contributed by atoms with Gasteiger partial charge in [-0.2, -0.15) is 0 Å². The highest BCUT2D eigenvalue weighted by molar-refractivity contribution is 6.30. The number of hydrogen-bond donors (Lipinski definition) is 1. The van der Waals surface area contributed by atoms with Crippen LogP contribution in [0.15, 0.2) is 54.6 Å². The molecular formula is C15H14ClNO3. The Bertz CT molecular complexity index is 589. The summed E-state index contributed by atoms with van der Waals surface area (Å²) in [6, 6.07) is 14.4. The van der Waals surface area contributed by atoms with Gasteiger partial charge in [0.05, 0.1) is 0 Å². The summed E-state index contributed by atoms with van der Waals surface area (Å²) in [6.07, 6.45) is -0.884. The summed E-state index contributed by atoms with van der Waals surface area (Å²) in [4.78, 5) is 10.8. The maximum absolute atomic E-state index is 11.2. The summed E-state index contributed by atoms with van der Waals surface area (Å²) in [5, 5.41) is 21.9. The van der Waals surface area contributed by atoms with Gasteiger partial charge in [-0.15, -0.1) is 0 Å². The number of rotatable bonds is 5. The zero-order chi connectivity index (χ0) is 14.5. The lowest BCUT2D eigenvalue weighted by molar-refractivity contribution is -0.541. The quantitative estimate of drug-likeness (QED) is 0.679. The highest BCUT2D eigenvalue weighted by Crippen LogP contribution is 2.25. The molecule has 2 unspecified atom stereocenters. The van der Waals surface area contributed by atoms with Crippen molar-refractivity contribution in [3.05, 3.63) is 80.9 Å². The zero-order valence-electron chi connectivity index (χ0n) is 10.6. The van der Waals surface area contributed by atoms with Gasteiger partial charge in [0.15, 0.2) is 0 Å². The normalized spacial score (nSPS) is 13.7. The highest BCUT2D eigenvalue weighted by atomic mass is 35.5. The highest BCUT2D eigenvalue weighted by Gasteiger charge is 2.31. The first-order chi connectivity index (χ1) is 9.58. The van der Waals surface area contributed by atoms with Crippen molar-refractivity contribution >= 4 is 11.6 Å². The lowest BCUT2D eigenvalue weighted by atomic mass is 9.97. The predicted octanol–water partition coefficient (Wildman–Crippen LogP) is 3.26. The molecule has 0 aromatic heterocycles. The second-order valence-electron chi connectivity index (χ2n) is 4.54. The van der Waals surface area contributed by atoms with Crippen molar-refractivity contribution in [3.8, 4) is 0 Å². The summed E-state index contributed by atoms with van der Waals surface area (Å²) in [5.41, 5.74) is 1.26. The number of hydrogen-bond acceptors (Lipinski definition) is 3.